The summed E-state index contributed by atoms with van der Waals surface area (Å²) in [5, 5.41) is 1.02. The van der Waals surface area contributed by atoms with E-state index in [0.717, 1.165) is 30.5 Å². The Balaban J connectivity index is 1.71. The van der Waals surface area contributed by atoms with E-state index in [4.69, 9.17) is 0 Å². The van der Waals surface area contributed by atoms with Gasteiger partial charge in [-0.1, -0.05) is 43.4 Å². The molecule has 4 aromatic carbocycles. The molecule has 4 rings (SSSR count). The second kappa shape index (κ2) is 9.03. The van der Waals surface area contributed by atoms with Crippen molar-refractivity contribution in [2.45, 2.75) is 19.8 Å². The molecule has 0 aliphatic carbocycles. The fourth-order valence-corrected chi connectivity index (χ4v) is 3.61. The number of halogens is 6. The topological polar surface area (TPSA) is 0 Å². The lowest BCUT2D eigenvalue weighted by molar-refractivity contribution is 0.446. The smallest absolute Gasteiger partial charge is 0.194 e. The predicted molar refractivity (Wildman–Crippen MR) is 116 cm³/mol. The Morgan fingerprint density at radius 1 is 0.636 bits per heavy atom. The molecule has 0 saturated carbocycles. The third-order valence-corrected chi connectivity index (χ3v) is 5.19. The molecule has 0 nitrogen and oxygen atoms in total. The molecule has 0 N–H and O–H groups in total. The molecule has 33 heavy (non-hydrogen) atoms. The molecule has 166 valence electrons. The number of rotatable bonds is 3. The van der Waals surface area contributed by atoms with Crippen molar-refractivity contribution < 1.29 is 26.3 Å². The molecule has 0 radical (unpaired) electrons. The Labute approximate surface area is 186 Å². The quantitative estimate of drug-likeness (QED) is 0.169. The van der Waals surface area contributed by atoms with Crippen molar-refractivity contribution in [1.29, 1.82) is 0 Å². The van der Waals surface area contributed by atoms with E-state index in [0.29, 0.717) is 28.5 Å². The van der Waals surface area contributed by atoms with Gasteiger partial charge in [0.05, 0.1) is 5.56 Å². The molecule has 0 aliphatic rings. The van der Waals surface area contributed by atoms with Gasteiger partial charge in [0.1, 0.15) is 17.5 Å². The summed E-state index contributed by atoms with van der Waals surface area (Å²) < 4.78 is 83.5. The summed E-state index contributed by atoms with van der Waals surface area (Å²) in [6, 6.07) is 11.5. The van der Waals surface area contributed by atoms with Gasteiger partial charge in [-0.15, -0.1) is 0 Å². The first kappa shape index (κ1) is 22.5. The molecule has 0 heterocycles. The van der Waals surface area contributed by atoms with Gasteiger partial charge in [-0.05, 0) is 64.9 Å². The Morgan fingerprint density at radius 2 is 1.30 bits per heavy atom. The first-order valence-corrected chi connectivity index (χ1v) is 10.1. The highest BCUT2D eigenvalue weighted by Crippen LogP contribution is 2.29. The van der Waals surface area contributed by atoms with Gasteiger partial charge in [0.25, 0.3) is 0 Å². The van der Waals surface area contributed by atoms with Crippen molar-refractivity contribution >= 4 is 10.8 Å². The molecule has 0 aliphatic heterocycles. The summed E-state index contributed by atoms with van der Waals surface area (Å²) in [5.41, 5.74) is 0.566. The molecule has 0 fully saturated rings. The van der Waals surface area contributed by atoms with E-state index in [-0.39, 0.29) is 11.1 Å². The largest absolute Gasteiger partial charge is 0.206 e. The van der Waals surface area contributed by atoms with Crippen molar-refractivity contribution in [2.24, 2.45) is 0 Å². The summed E-state index contributed by atoms with van der Waals surface area (Å²) in [5.74, 6) is -2.57. The summed E-state index contributed by atoms with van der Waals surface area (Å²) in [6.07, 6.45) is 1.62. The van der Waals surface area contributed by atoms with Crippen molar-refractivity contribution in [3.63, 3.8) is 0 Å². The predicted octanol–water partition coefficient (Wildman–Crippen LogP) is 7.69. The van der Waals surface area contributed by atoms with Gasteiger partial charge < -0.3 is 0 Å². The number of benzene rings is 4. The van der Waals surface area contributed by atoms with E-state index in [2.05, 4.69) is 11.8 Å². The van der Waals surface area contributed by atoms with E-state index >= 15 is 0 Å². The zero-order valence-electron chi connectivity index (χ0n) is 17.4. The minimum Gasteiger partial charge on any atom is -0.206 e. The maximum absolute atomic E-state index is 14.6. The zero-order chi connectivity index (χ0) is 23.7. The Hall–Kier alpha value is -3.72. The lowest BCUT2D eigenvalue weighted by Gasteiger charge is -2.09. The molecule has 0 amide bonds. The van der Waals surface area contributed by atoms with Crippen LogP contribution in [0, 0.1) is 46.7 Å². The molecule has 6 heteroatoms. The normalized spacial score (nSPS) is 10.9. The van der Waals surface area contributed by atoms with Crippen LogP contribution in [-0.4, -0.2) is 0 Å². The Morgan fingerprint density at radius 3 is 1.94 bits per heavy atom. The van der Waals surface area contributed by atoms with Gasteiger partial charge in [0, 0.05) is 10.9 Å². The van der Waals surface area contributed by atoms with Gasteiger partial charge in [0.15, 0.2) is 17.5 Å². The molecule has 0 spiro atoms. The fourth-order valence-electron chi connectivity index (χ4n) is 3.61. The van der Waals surface area contributed by atoms with Crippen LogP contribution < -0.4 is 0 Å². The standard InChI is InChI=1S/C27H16F6/c1-2-3-15-8-18-6-5-17(12-21(18)22(28)9-15)19-13-23(29)20(24(30)14-19)7-4-16-10-25(31)27(33)26(32)11-16/h5-6,8-14H,2-3H2,1H3. The van der Waals surface area contributed by atoms with Gasteiger partial charge >= 0.3 is 0 Å². The van der Waals surface area contributed by atoms with Crippen molar-refractivity contribution in [3.8, 4) is 23.0 Å². The van der Waals surface area contributed by atoms with Crippen LogP contribution >= 0.6 is 0 Å². The number of hydrogen-bond donors (Lipinski definition) is 0. The third kappa shape index (κ3) is 4.58. The van der Waals surface area contributed by atoms with Crippen molar-refractivity contribution in [1.82, 2.24) is 0 Å². The minimum absolute atomic E-state index is 0.174. The molecule has 4 aromatic rings. The maximum Gasteiger partial charge on any atom is 0.194 e. The highest BCUT2D eigenvalue weighted by Gasteiger charge is 2.13. The Kier molecular flexibility index (Phi) is 6.15. The van der Waals surface area contributed by atoms with E-state index in [1.54, 1.807) is 12.1 Å². The second-order valence-corrected chi connectivity index (χ2v) is 7.58. The summed E-state index contributed by atoms with van der Waals surface area (Å²) in [6.45, 7) is 2.00. The van der Waals surface area contributed by atoms with Crippen LogP contribution in [0.2, 0.25) is 0 Å². The van der Waals surface area contributed by atoms with Crippen LogP contribution in [0.4, 0.5) is 26.3 Å². The first-order valence-electron chi connectivity index (χ1n) is 10.1. The van der Waals surface area contributed by atoms with Crippen LogP contribution in [0.1, 0.15) is 30.0 Å². The van der Waals surface area contributed by atoms with Gasteiger partial charge in [-0.2, -0.15) is 0 Å². The minimum atomic E-state index is -1.66. The lowest BCUT2D eigenvalue weighted by atomic mass is 9.97. The highest BCUT2D eigenvalue weighted by molar-refractivity contribution is 5.88. The second-order valence-electron chi connectivity index (χ2n) is 7.58. The third-order valence-electron chi connectivity index (χ3n) is 5.19. The van der Waals surface area contributed by atoms with Crippen LogP contribution in [0.15, 0.2) is 54.6 Å². The number of hydrogen-bond acceptors (Lipinski definition) is 0. The molecular formula is C27H16F6. The SMILES string of the molecule is CCCc1cc(F)c2cc(-c3cc(F)c(C#Cc4cc(F)c(F)c(F)c4)c(F)c3)ccc2c1. The molecule has 0 aromatic heterocycles. The number of fused-ring (bicyclic) bond motifs is 1. The molecular weight excluding hydrogens is 438 g/mol. The monoisotopic (exact) mass is 454 g/mol. The first-order chi connectivity index (χ1) is 15.8. The van der Waals surface area contributed by atoms with E-state index in [9.17, 15) is 26.3 Å². The van der Waals surface area contributed by atoms with E-state index in [1.165, 1.54) is 12.1 Å². The average molecular weight is 454 g/mol. The average Bonchev–Trinajstić information content (AvgIpc) is 2.76. The highest BCUT2D eigenvalue weighted by atomic mass is 19.2. The number of aryl methyl sites for hydroxylation is 1. The van der Waals surface area contributed by atoms with Crippen molar-refractivity contribution in [2.75, 3.05) is 0 Å². The van der Waals surface area contributed by atoms with Crippen LogP contribution in [-0.2, 0) is 6.42 Å². The van der Waals surface area contributed by atoms with Gasteiger partial charge in [0.2, 0.25) is 0 Å². The summed E-state index contributed by atoms with van der Waals surface area (Å²) in [7, 11) is 0. The van der Waals surface area contributed by atoms with Gasteiger partial charge in [-0.3, -0.25) is 0 Å². The summed E-state index contributed by atoms with van der Waals surface area (Å²) in [4.78, 5) is 0. The molecule has 0 bridgehead atoms. The molecule has 0 atom stereocenters. The van der Waals surface area contributed by atoms with Gasteiger partial charge in [-0.25, -0.2) is 26.3 Å². The summed E-state index contributed by atoms with van der Waals surface area (Å²) >= 11 is 0. The van der Waals surface area contributed by atoms with E-state index < -0.39 is 40.5 Å². The molecule has 0 saturated heterocycles. The Bertz CT molecular complexity index is 1400. The van der Waals surface area contributed by atoms with E-state index in [1.807, 2.05) is 13.0 Å². The van der Waals surface area contributed by atoms with Crippen molar-refractivity contribution in [3.05, 3.63) is 106 Å². The maximum atomic E-state index is 14.6. The fraction of sp³-hybridized carbons (Fsp3) is 0.111. The molecule has 0 unspecified atom stereocenters. The van der Waals surface area contributed by atoms with Crippen LogP contribution in [0.5, 0.6) is 0 Å². The van der Waals surface area contributed by atoms with Crippen LogP contribution in [0.3, 0.4) is 0 Å². The van der Waals surface area contributed by atoms with Crippen LogP contribution in [0.25, 0.3) is 21.9 Å². The zero-order valence-corrected chi connectivity index (χ0v) is 17.4. The lowest BCUT2D eigenvalue weighted by Crippen LogP contribution is -1.94.